The van der Waals surface area contributed by atoms with Gasteiger partial charge in [0.15, 0.2) is 0 Å². The van der Waals surface area contributed by atoms with Crippen LogP contribution in [-0.4, -0.2) is 5.91 Å². The molecule has 0 heterocycles. The Bertz CT molecular complexity index is 637. The zero-order chi connectivity index (χ0) is 13.1. The number of primary amides is 1. The second-order valence-corrected chi connectivity index (χ2v) is 3.98. The number of aryl methyl sites for hydroxylation is 1. The van der Waals surface area contributed by atoms with E-state index in [4.69, 9.17) is 11.0 Å². The second-order valence-electron chi connectivity index (χ2n) is 3.98. The predicted molar refractivity (Wildman–Crippen MR) is 68.7 cm³/mol. The highest BCUT2D eigenvalue weighted by Crippen LogP contribution is 2.24. The van der Waals surface area contributed by atoms with Crippen molar-refractivity contribution in [2.24, 2.45) is 5.73 Å². The Morgan fingerprint density at radius 1 is 1.22 bits per heavy atom. The van der Waals surface area contributed by atoms with Crippen LogP contribution in [0.2, 0.25) is 0 Å². The normalized spacial score (nSPS) is 9.78. The second kappa shape index (κ2) is 4.72. The van der Waals surface area contributed by atoms with E-state index in [1.807, 2.05) is 19.1 Å². The fourth-order valence-electron chi connectivity index (χ4n) is 1.76. The van der Waals surface area contributed by atoms with Gasteiger partial charge in [0.2, 0.25) is 5.91 Å². The van der Waals surface area contributed by atoms with E-state index in [1.165, 1.54) is 0 Å². The molecule has 0 saturated heterocycles. The van der Waals surface area contributed by atoms with Crippen molar-refractivity contribution >= 4 is 5.91 Å². The molecule has 0 unspecified atom stereocenters. The van der Waals surface area contributed by atoms with Crippen molar-refractivity contribution in [3.8, 4) is 17.2 Å². The Balaban J connectivity index is 2.56. The largest absolute Gasteiger partial charge is 0.366 e. The molecule has 0 aliphatic heterocycles. The van der Waals surface area contributed by atoms with Crippen LogP contribution >= 0.6 is 0 Å². The van der Waals surface area contributed by atoms with Gasteiger partial charge in [-0.3, -0.25) is 4.79 Å². The lowest BCUT2D eigenvalue weighted by Crippen LogP contribution is -2.12. The molecular formula is C15H11N2O. The molecule has 3 heteroatoms. The molecule has 18 heavy (non-hydrogen) atoms. The first-order valence-electron chi connectivity index (χ1n) is 5.45. The molecule has 2 aromatic carbocycles. The summed E-state index contributed by atoms with van der Waals surface area (Å²) in [7, 11) is 0. The van der Waals surface area contributed by atoms with Crippen molar-refractivity contribution in [3.05, 3.63) is 59.2 Å². The molecule has 0 bridgehead atoms. The minimum absolute atomic E-state index is 0.375. The first kappa shape index (κ1) is 11.9. The molecule has 2 rings (SSSR count). The van der Waals surface area contributed by atoms with E-state index in [0.29, 0.717) is 11.1 Å². The van der Waals surface area contributed by atoms with E-state index < -0.39 is 5.91 Å². The molecule has 3 nitrogen and oxygen atoms in total. The number of carbonyl (C=O) groups excluding carboxylic acids is 1. The maximum absolute atomic E-state index is 11.4. The van der Waals surface area contributed by atoms with Crippen LogP contribution in [0.3, 0.4) is 0 Å². The molecule has 1 radical (unpaired) electrons. The van der Waals surface area contributed by atoms with E-state index in [1.54, 1.807) is 24.3 Å². The average Bonchev–Trinajstić information content (AvgIpc) is 2.39. The van der Waals surface area contributed by atoms with Gasteiger partial charge in [-0.25, -0.2) is 0 Å². The predicted octanol–water partition coefficient (Wildman–Crippen LogP) is 2.43. The Morgan fingerprint density at radius 3 is 2.44 bits per heavy atom. The van der Waals surface area contributed by atoms with Crippen LogP contribution < -0.4 is 5.73 Å². The molecular weight excluding hydrogens is 224 g/mol. The van der Waals surface area contributed by atoms with Crippen LogP contribution in [0.5, 0.6) is 0 Å². The van der Waals surface area contributed by atoms with Gasteiger partial charge in [0.25, 0.3) is 0 Å². The number of nitrogens with two attached hydrogens (primary N) is 1. The van der Waals surface area contributed by atoms with E-state index >= 15 is 0 Å². The lowest BCUT2D eigenvalue weighted by Gasteiger charge is -2.07. The lowest BCUT2D eigenvalue weighted by atomic mass is 9.97. The lowest BCUT2D eigenvalue weighted by molar-refractivity contribution is 0.100. The van der Waals surface area contributed by atoms with Gasteiger partial charge in [-0.15, -0.1) is 0 Å². The van der Waals surface area contributed by atoms with Gasteiger partial charge in [0.05, 0.1) is 17.2 Å². The summed E-state index contributed by atoms with van der Waals surface area (Å²) in [5.41, 5.74) is 8.75. The van der Waals surface area contributed by atoms with Gasteiger partial charge in [-0.05, 0) is 41.8 Å². The number of hydrogen-bond donors (Lipinski definition) is 1. The van der Waals surface area contributed by atoms with Crippen molar-refractivity contribution in [1.29, 1.82) is 5.26 Å². The van der Waals surface area contributed by atoms with Crippen molar-refractivity contribution in [2.75, 3.05) is 0 Å². The van der Waals surface area contributed by atoms with Crippen LogP contribution in [0.15, 0.2) is 36.4 Å². The number of rotatable bonds is 2. The highest BCUT2D eigenvalue weighted by Gasteiger charge is 2.10. The van der Waals surface area contributed by atoms with E-state index in [9.17, 15) is 4.79 Å². The number of benzene rings is 2. The number of carbonyl (C=O) groups is 1. The van der Waals surface area contributed by atoms with E-state index in [2.05, 4.69) is 12.1 Å². The van der Waals surface area contributed by atoms with Crippen LogP contribution in [-0.2, 0) is 0 Å². The van der Waals surface area contributed by atoms with Crippen molar-refractivity contribution in [1.82, 2.24) is 0 Å². The first-order chi connectivity index (χ1) is 8.61. The number of amides is 1. The molecule has 1 amide bonds. The van der Waals surface area contributed by atoms with E-state index in [0.717, 1.165) is 16.7 Å². The van der Waals surface area contributed by atoms with Gasteiger partial charge in [0, 0.05) is 0 Å². The van der Waals surface area contributed by atoms with Crippen molar-refractivity contribution < 1.29 is 4.79 Å². The smallest absolute Gasteiger partial charge is 0.249 e. The van der Waals surface area contributed by atoms with E-state index in [-0.39, 0.29) is 0 Å². The highest BCUT2D eigenvalue weighted by molar-refractivity contribution is 5.99. The number of nitriles is 1. The van der Waals surface area contributed by atoms with Gasteiger partial charge >= 0.3 is 0 Å². The molecule has 0 aliphatic rings. The summed E-state index contributed by atoms with van der Waals surface area (Å²) < 4.78 is 0. The van der Waals surface area contributed by atoms with Crippen molar-refractivity contribution in [3.63, 3.8) is 0 Å². The molecule has 0 atom stereocenters. The third-order valence-electron chi connectivity index (χ3n) is 2.66. The maximum Gasteiger partial charge on any atom is 0.249 e. The molecule has 2 aromatic rings. The number of hydrogen-bond acceptors (Lipinski definition) is 2. The summed E-state index contributed by atoms with van der Waals surface area (Å²) in [5.74, 6) is -0.502. The van der Waals surface area contributed by atoms with Gasteiger partial charge < -0.3 is 5.73 Å². The van der Waals surface area contributed by atoms with Crippen molar-refractivity contribution in [2.45, 2.75) is 6.92 Å². The quantitative estimate of drug-likeness (QED) is 0.868. The SMILES string of the molecule is Cc1[c]c(C(N)=O)c(-c2ccc(C#N)cc2)cc1. The standard InChI is InChI=1S/C15H11N2O/c1-10-2-7-13(14(8-10)15(17)18)12-5-3-11(9-16)4-6-12/h2-7H,1H3,(H2,17,18). The van der Waals surface area contributed by atoms with Gasteiger partial charge in [-0.1, -0.05) is 24.3 Å². The Morgan fingerprint density at radius 2 is 1.89 bits per heavy atom. The van der Waals surface area contributed by atoms with Crippen LogP contribution in [0.1, 0.15) is 21.5 Å². The van der Waals surface area contributed by atoms with Gasteiger partial charge in [0.1, 0.15) is 0 Å². The summed E-state index contributed by atoms with van der Waals surface area (Å²) in [6, 6.07) is 15.7. The Hall–Kier alpha value is -2.60. The topological polar surface area (TPSA) is 66.9 Å². The highest BCUT2D eigenvalue weighted by atomic mass is 16.1. The Labute approximate surface area is 105 Å². The minimum atomic E-state index is -0.502. The monoisotopic (exact) mass is 235 g/mol. The van der Waals surface area contributed by atoms with Gasteiger partial charge in [-0.2, -0.15) is 5.26 Å². The summed E-state index contributed by atoms with van der Waals surface area (Å²) in [5, 5.41) is 8.75. The molecule has 0 spiro atoms. The molecule has 87 valence electrons. The average molecular weight is 235 g/mol. The Kier molecular flexibility index (Phi) is 3.11. The summed E-state index contributed by atoms with van der Waals surface area (Å²) in [6.45, 7) is 1.86. The minimum Gasteiger partial charge on any atom is -0.366 e. The third kappa shape index (κ3) is 2.23. The molecule has 0 aliphatic carbocycles. The first-order valence-corrected chi connectivity index (χ1v) is 5.45. The summed E-state index contributed by atoms with van der Waals surface area (Å²) in [4.78, 5) is 11.4. The molecule has 2 N–H and O–H groups in total. The van der Waals surface area contributed by atoms with Crippen LogP contribution in [0, 0.1) is 24.3 Å². The summed E-state index contributed by atoms with van der Waals surface area (Å²) >= 11 is 0. The zero-order valence-electron chi connectivity index (χ0n) is 9.90. The fraction of sp³-hybridized carbons (Fsp3) is 0.0667. The zero-order valence-corrected chi connectivity index (χ0v) is 9.90. The summed E-state index contributed by atoms with van der Waals surface area (Å²) in [6.07, 6.45) is 0. The molecule has 0 saturated carbocycles. The third-order valence-corrected chi connectivity index (χ3v) is 2.66. The van der Waals surface area contributed by atoms with Crippen LogP contribution in [0.25, 0.3) is 11.1 Å². The molecule has 0 aromatic heterocycles. The maximum atomic E-state index is 11.4. The van der Waals surface area contributed by atoms with Crippen LogP contribution in [0.4, 0.5) is 0 Å². The molecule has 0 fully saturated rings. The fourth-order valence-corrected chi connectivity index (χ4v) is 1.76. The number of nitrogens with zero attached hydrogens (tertiary/aromatic N) is 1.